The lowest BCUT2D eigenvalue weighted by molar-refractivity contribution is 0.249. The molecule has 0 radical (unpaired) electrons. The Kier molecular flexibility index (Phi) is 9.42. The molecule has 0 bridgehead atoms. The van der Waals surface area contributed by atoms with Crippen LogP contribution in [-0.2, 0) is 12.8 Å². The van der Waals surface area contributed by atoms with Crippen molar-refractivity contribution in [2.75, 3.05) is 0 Å². The fraction of sp³-hybridized carbons (Fsp3) is 0.471. The molecule has 1 heteroatoms. The lowest BCUT2D eigenvalue weighted by atomic mass is 9.78. The molecular formula is C34H41F. The van der Waals surface area contributed by atoms with E-state index in [1.807, 2.05) is 24.3 Å². The predicted molar refractivity (Wildman–Crippen MR) is 148 cm³/mol. The van der Waals surface area contributed by atoms with E-state index >= 15 is 4.39 Å². The lowest BCUT2D eigenvalue weighted by Gasteiger charge is -2.28. The molecule has 1 saturated carbocycles. The maximum atomic E-state index is 15.3. The summed E-state index contributed by atoms with van der Waals surface area (Å²) in [6.07, 6.45) is 15.0. The van der Waals surface area contributed by atoms with Crippen molar-refractivity contribution in [3.05, 3.63) is 82.7 Å². The van der Waals surface area contributed by atoms with E-state index < -0.39 is 0 Å². The van der Waals surface area contributed by atoms with E-state index in [0.717, 1.165) is 58.6 Å². The third-order valence-corrected chi connectivity index (χ3v) is 7.91. The fourth-order valence-electron chi connectivity index (χ4n) is 5.55. The van der Waals surface area contributed by atoms with Gasteiger partial charge in [0.2, 0.25) is 0 Å². The molecule has 3 aromatic carbocycles. The van der Waals surface area contributed by atoms with Crippen LogP contribution in [0.15, 0.2) is 54.6 Å². The molecule has 3 aromatic rings. The maximum Gasteiger partial charge on any atom is 0.134 e. The average molecular weight is 469 g/mol. The Hall–Kier alpha value is -2.59. The largest absolute Gasteiger partial charge is 0.206 e. The van der Waals surface area contributed by atoms with E-state index in [0.29, 0.717) is 0 Å². The quantitative estimate of drug-likeness (QED) is 0.274. The first-order valence-electron chi connectivity index (χ1n) is 14.0. The first-order valence-corrected chi connectivity index (χ1v) is 14.0. The van der Waals surface area contributed by atoms with Crippen LogP contribution in [0.4, 0.5) is 4.39 Å². The molecule has 0 aromatic heterocycles. The zero-order valence-corrected chi connectivity index (χ0v) is 21.7. The summed E-state index contributed by atoms with van der Waals surface area (Å²) in [6, 6.07) is 18.5. The van der Waals surface area contributed by atoms with Crippen LogP contribution >= 0.6 is 0 Å². The van der Waals surface area contributed by atoms with Gasteiger partial charge in [-0.25, -0.2) is 4.39 Å². The highest BCUT2D eigenvalue weighted by molar-refractivity contribution is 5.85. The Morgan fingerprint density at radius 3 is 2.09 bits per heavy atom. The van der Waals surface area contributed by atoms with Gasteiger partial charge in [-0.2, -0.15) is 0 Å². The Bertz CT molecular complexity index is 1140. The normalized spacial score (nSPS) is 17.8. The molecule has 1 aliphatic carbocycles. The monoisotopic (exact) mass is 468 g/mol. The van der Waals surface area contributed by atoms with E-state index in [1.165, 1.54) is 63.4 Å². The number of hydrogen-bond acceptors (Lipinski definition) is 0. The number of rotatable bonds is 9. The van der Waals surface area contributed by atoms with Crippen molar-refractivity contribution >= 4 is 10.8 Å². The molecule has 1 fully saturated rings. The summed E-state index contributed by atoms with van der Waals surface area (Å²) < 4.78 is 15.3. The Balaban J connectivity index is 1.36. The average Bonchev–Trinajstić information content (AvgIpc) is 2.90. The van der Waals surface area contributed by atoms with Crippen molar-refractivity contribution < 1.29 is 4.39 Å². The molecular weight excluding hydrogens is 427 g/mol. The fourth-order valence-corrected chi connectivity index (χ4v) is 5.55. The summed E-state index contributed by atoms with van der Waals surface area (Å²) in [4.78, 5) is 0. The van der Waals surface area contributed by atoms with Crippen LogP contribution in [0.5, 0.6) is 0 Å². The Labute approximate surface area is 212 Å². The zero-order chi connectivity index (χ0) is 24.5. The molecule has 1 aliphatic rings. The van der Waals surface area contributed by atoms with Gasteiger partial charge in [0.25, 0.3) is 0 Å². The number of fused-ring (bicyclic) bond motifs is 1. The van der Waals surface area contributed by atoms with E-state index in [-0.39, 0.29) is 5.82 Å². The molecule has 0 aliphatic heterocycles. The van der Waals surface area contributed by atoms with Crippen molar-refractivity contribution in [3.8, 4) is 11.8 Å². The molecule has 0 unspecified atom stereocenters. The van der Waals surface area contributed by atoms with Crippen LogP contribution in [0.2, 0.25) is 0 Å². The first-order chi connectivity index (χ1) is 17.2. The molecule has 4 rings (SSSR count). The van der Waals surface area contributed by atoms with Gasteiger partial charge in [-0.05, 0) is 78.3 Å². The Morgan fingerprint density at radius 2 is 1.37 bits per heavy atom. The van der Waals surface area contributed by atoms with Gasteiger partial charge in [-0.15, -0.1) is 0 Å². The number of unbranched alkanes of at least 4 members (excludes halogenated alkanes) is 2. The molecule has 0 saturated heterocycles. The van der Waals surface area contributed by atoms with Gasteiger partial charge >= 0.3 is 0 Å². The molecule has 35 heavy (non-hydrogen) atoms. The summed E-state index contributed by atoms with van der Waals surface area (Å²) in [6.45, 7) is 4.50. The topological polar surface area (TPSA) is 0 Å². The van der Waals surface area contributed by atoms with Crippen molar-refractivity contribution in [3.63, 3.8) is 0 Å². The SMILES string of the molecule is CCCCc1ccc(C#Cc2ccc3c(F)c(CCC4CCC(CCCC)CC4)ccc3c2)cc1. The van der Waals surface area contributed by atoms with Gasteiger partial charge in [0.15, 0.2) is 0 Å². The maximum absolute atomic E-state index is 15.3. The van der Waals surface area contributed by atoms with Gasteiger partial charge < -0.3 is 0 Å². The van der Waals surface area contributed by atoms with Crippen LogP contribution in [0.25, 0.3) is 10.8 Å². The van der Waals surface area contributed by atoms with Crippen molar-refractivity contribution in [1.29, 1.82) is 0 Å². The second kappa shape index (κ2) is 12.9. The van der Waals surface area contributed by atoms with Crippen molar-refractivity contribution in [2.45, 2.75) is 90.9 Å². The number of aryl methyl sites for hydroxylation is 2. The summed E-state index contributed by atoms with van der Waals surface area (Å²) in [7, 11) is 0. The van der Waals surface area contributed by atoms with Gasteiger partial charge in [0, 0.05) is 16.5 Å². The van der Waals surface area contributed by atoms with Gasteiger partial charge in [-0.1, -0.05) is 107 Å². The third-order valence-electron chi connectivity index (χ3n) is 7.91. The number of benzene rings is 3. The van der Waals surface area contributed by atoms with Crippen molar-refractivity contribution in [2.24, 2.45) is 11.8 Å². The number of hydrogen-bond donors (Lipinski definition) is 0. The molecule has 184 valence electrons. The highest BCUT2D eigenvalue weighted by Gasteiger charge is 2.21. The standard InChI is InChI=1S/C34H41F/c1-3-5-7-26-9-13-28(14-10-26)17-18-30-20-24-33-32(25-30)23-22-31(34(33)35)21-19-29-15-11-27(12-16-29)8-6-4-2/h9-10,13-14,20,22-25,27,29H,3-8,11-12,15-16,19,21H2,1-2H3. The third kappa shape index (κ3) is 7.20. The minimum atomic E-state index is -0.0405. The van der Waals surface area contributed by atoms with Gasteiger partial charge in [0.1, 0.15) is 5.82 Å². The predicted octanol–water partition coefficient (Wildman–Crippen LogP) is 9.65. The van der Waals surface area contributed by atoms with Gasteiger partial charge in [-0.3, -0.25) is 0 Å². The van der Waals surface area contributed by atoms with Crippen LogP contribution < -0.4 is 0 Å². The lowest BCUT2D eigenvalue weighted by Crippen LogP contribution is -2.15. The van der Waals surface area contributed by atoms with E-state index in [1.54, 1.807) is 0 Å². The molecule has 0 amide bonds. The highest BCUT2D eigenvalue weighted by atomic mass is 19.1. The minimum absolute atomic E-state index is 0.0405. The van der Waals surface area contributed by atoms with E-state index in [2.05, 4.69) is 56.0 Å². The molecule has 0 spiro atoms. The van der Waals surface area contributed by atoms with Gasteiger partial charge in [0.05, 0.1) is 0 Å². The molecule has 0 atom stereocenters. The second-order valence-electron chi connectivity index (χ2n) is 10.6. The Morgan fingerprint density at radius 1 is 0.714 bits per heavy atom. The van der Waals surface area contributed by atoms with Crippen LogP contribution in [0, 0.1) is 29.5 Å². The van der Waals surface area contributed by atoms with Crippen LogP contribution in [0.1, 0.15) is 100 Å². The summed E-state index contributed by atoms with van der Waals surface area (Å²) in [5.74, 6) is 8.18. The highest BCUT2D eigenvalue weighted by Crippen LogP contribution is 2.34. The van der Waals surface area contributed by atoms with Crippen LogP contribution in [-0.4, -0.2) is 0 Å². The molecule has 0 heterocycles. The van der Waals surface area contributed by atoms with E-state index in [4.69, 9.17) is 0 Å². The molecule has 0 N–H and O–H groups in total. The minimum Gasteiger partial charge on any atom is -0.206 e. The second-order valence-corrected chi connectivity index (χ2v) is 10.6. The molecule has 0 nitrogen and oxygen atoms in total. The van der Waals surface area contributed by atoms with Crippen molar-refractivity contribution in [1.82, 2.24) is 0 Å². The summed E-state index contributed by atoms with van der Waals surface area (Å²) in [5.41, 5.74) is 4.19. The van der Waals surface area contributed by atoms with E-state index in [9.17, 15) is 0 Å². The smallest absolute Gasteiger partial charge is 0.134 e. The zero-order valence-electron chi connectivity index (χ0n) is 21.7. The number of halogens is 1. The van der Waals surface area contributed by atoms with Crippen LogP contribution in [0.3, 0.4) is 0 Å². The summed E-state index contributed by atoms with van der Waals surface area (Å²) >= 11 is 0. The first kappa shape index (κ1) is 25.5. The summed E-state index contributed by atoms with van der Waals surface area (Å²) in [5, 5.41) is 1.65.